The number of nitrogens with zero attached hydrogens (tertiary/aromatic N) is 4. The summed E-state index contributed by atoms with van der Waals surface area (Å²) in [7, 11) is -0.317. The lowest BCUT2D eigenvalue weighted by Crippen LogP contribution is -2.38. The zero-order chi connectivity index (χ0) is 30.1. The van der Waals surface area contributed by atoms with E-state index in [1.807, 2.05) is 18.6 Å². The van der Waals surface area contributed by atoms with Crippen LogP contribution in [0.2, 0.25) is 0 Å². The predicted molar refractivity (Wildman–Crippen MR) is 151 cm³/mol. The number of hydrogen-bond donors (Lipinski definition) is 2. The molecule has 2 atom stereocenters. The number of rotatable bonds is 9. The Morgan fingerprint density at radius 1 is 1.17 bits per heavy atom. The summed E-state index contributed by atoms with van der Waals surface area (Å²) in [4.78, 5) is 24.9. The van der Waals surface area contributed by atoms with Crippen LogP contribution in [0.3, 0.4) is 0 Å². The van der Waals surface area contributed by atoms with E-state index in [0.29, 0.717) is 23.0 Å². The maximum Gasteiger partial charge on any atom is 0.390 e. The van der Waals surface area contributed by atoms with Crippen molar-refractivity contribution in [1.82, 2.24) is 19.4 Å². The van der Waals surface area contributed by atoms with Gasteiger partial charge in [-0.3, -0.25) is 14.1 Å². The molecule has 3 aromatic rings. The first kappa shape index (κ1) is 30.7. The van der Waals surface area contributed by atoms with Gasteiger partial charge in [-0.05, 0) is 77.4 Å². The smallest absolute Gasteiger partial charge is 0.351 e. The fourth-order valence-electron chi connectivity index (χ4n) is 5.06. The van der Waals surface area contributed by atoms with Gasteiger partial charge in [0.2, 0.25) is 16.0 Å². The number of halogens is 4. The van der Waals surface area contributed by atoms with Crippen molar-refractivity contribution in [2.24, 2.45) is 0 Å². The highest BCUT2D eigenvalue weighted by Crippen LogP contribution is 2.28. The summed E-state index contributed by atoms with van der Waals surface area (Å²) in [6, 6.07) is 5.28. The first-order chi connectivity index (χ1) is 19.1. The van der Waals surface area contributed by atoms with Gasteiger partial charge in [-0.1, -0.05) is 6.07 Å². The topological polar surface area (TPSA) is 109 Å². The van der Waals surface area contributed by atoms with E-state index in [4.69, 9.17) is 0 Å². The number of fused-ring (bicyclic) bond motifs is 1. The van der Waals surface area contributed by atoms with Crippen LogP contribution in [0.25, 0.3) is 22.2 Å². The van der Waals surface area contributed by atoms with Crippen LogP contribution in [0.15, 0.2) is 35.3 Å². The van der Waals surface area contributed by atoms with Crippen LogP contribution >= 0.6 is 0 Å². The lowest BCUT2D eigenvalue weighted by Gasteiger charge is -2.33. The number of aromatic nitrogens is 3. The van der Waals surface area contributed by atoms with Gasteiger partial charge in [-0.2, -0.15) is 18.2 Å². The molecule has 0 bridgehead atoms. The molecule has 0 radical (unpaired) electrons. The molecule has 1 aliphatic rings. The fraction of sp³-hybridized carbons (Fsp3) is 0.519. The first-order valence-electron chi connectivity index (χ1n) is 13.4. The van der Waals surface area contributed by atoms with Crippen molar-refractivity contribution in [3.8, 4) is 11.1 Å². The highest BCUT2D eigenvalue weighted by Gasteiger charge is 2.30. The second-order valence-electron chi connectivity index (χ2n) is 10.9. The highest BCUT2D eigenvalue weighted by atomic mass is 32.2. The van der Waals surface area contributed by atoms with E-state index >= 15 is 0 Å². The first-order valence-corrected chi connectivity index (χ1v) is 15.0. The van der Waals surface area contributed by atoms with E-state index in [2.05, 4.69) is 34.3 Å². The van der Waals surface area contributed by atoms with E-state index in [9.17, 15) is 30.8 Å². The van der Waals surface area contributed by atoms with Gasteiger partial charge in [-0.25, -0.2) is 17.8 Å². The van der Waals surface area contributed by atoms with Gasteiger partial charge in [0.1, 0.15) is 11.5 Å². The third-order valence-electron chi connectivity index (χ3n) is 7.20. The molecule has 0 spiro atoms. The van der Waals surface area contributed by atoms with E-state index in [1.54, 1.807) is 12.3 Å². The third-order valence-corrected chi connectivity index (χ3v) is 8.47. The fourth-order valence-corrected chi connectivity index (χ4v) is 6.16. The molecule has 1 fully saturated rings. The SMILES string of the molecule is CC(C)n1c(=O)c(-c2ccc(NS(=O)(=O)CCC(F)(F)F)c(F)c2)cc2cnc(N[C@H]3CCC[C@H](N(C)C)C3)nc21. The Balaban J connectivity index is 1.64. The van der Waals surface area contributed by atoms with Crippen LogP contribution in [0, 0.1) is 5.82 Å². The zero-order valence-electron chi connectivity index (χ0n) is 23.3. The van der Waals surface area contributed by atoms with Crippen LogP contribution in [-0.4, -0.2) is 66.0 Å². The largest absolute Gasteiger partial charge is 0.390 e. The maximum absolute atomic E-state index is 14.9. The standard InChI is InChI=1S/C27H34F4N6O3S/c1-16(2)37-24-18(15-32-26(34-24)33-19-6-5-7-20(14-19)36(3)4)12-21(25(37)38)17-8-9-23(22(28)13-17)35-41(39,40)11-10-27(29,30)31/h8-9,12-13,15-16,19-20,35H,5-7,10-11,14H2,1-4H3,(H,32,33,34)/t19-,20-/m0/s1. The summed E-state index contributed by atoms with van der Waals surface area (Å²) in [6.07, 6.45) is -0.493. The van der Waals surface area contributed by atoms with Gasteiger partial charge >= 0.3 is 6.18 Å². The summed E-state index contributed by atoms with van der Waals surface area (Å²) in [5.41, 5.74) is -0.219. The van der Waals surface area contributed by atoms with Crippen molar-refractivity contribution in [2.75, 3.05) is 29.9 Å². The summed E-state index contributed by atoms with van der Waals surface area (Å²) in [5.74, 6) is -1.86. The minimum absolute atomic E-state index is 0.141. The number of alkyl halides is 3. The second kappa shape index (κ2) is 11.9. The van der Waals surface area contributed by atoms with Crippen LogP contribution in [0.4, 0.5) is 29.2 Å². The molecule has 0 saturated heterocycles. The minimum Gasteiger partial charge on any atom is -0.351 e. The molecule has 0 aliphatic heterocycles. The molecule has 14 heteroatoms. The Labute approximate surface area is 236 Å². The molecule has 1 aromatic carbocycles. The van der Waals surface area contributed by atoms with Gasteiger partial charge in [0.05, 0.1) is 17.9 Å². The molecular formula is C27H34F4N6O3S. The van der Waals surface area contributed by atoms with Gasteiger partial charge in [-0.15, -0.1) is 0 Å². The van der Waals surface area contributed by atoms with E-state index in [-0.39, 0.29) is 23.2 Å². The molecule has 2 aromatic heterocycles. The number of sulfonamides is 1. The van der Waals surface area contributed by atoms with Crippen LogP contribution in [-0.2, 0) is 10.0 Å². The van der Waals surface area contributed by atoms with E-state index < -0.39 is 45.4 Å². The van der Waals surface area contributed by atoms with Crippen LogP contribution in [0.5, 0.6) is 0 Å². The summed E-state index contributed by atoms with van der Waals surface area (Å²) in [5, 5.41) is 3.95. The second-order valence-corrected chi connectivity index (χ2v) is 12.7. The Bertz CT molecular complexity index is 1570. The molecule has 41 heavy (non-hydrogen) atoms. The predicted octanol–water partition coefficient (Wildman–Crippen LogP) is 5.16. The maximum atomic E-state index is 14.9. The molecule has 1 saturated carbocycles. The van der Waals surface area contributed by atoms with Crippen molar-refractivity contribution in [2.45, 2.75) is 70.3 Å². The van der Waals surface area contributed by atoms with Crippen LogP contribution < -0.4 is 15.6 Å². The van der Waals surface area contributed by atoms with E-state index in [0.717, 1.165) is 37.8 Å². The number of hydrogen-bond acceptors (Lipinski definition) is 7. The third kappa shape index (κ3) is 7.53. The van der Waals surface area contributed by atoms with Crippen molar-refractivity contribution < 1.29 is 26.0 Å². The summed E-state index contributed by atoms with van der Waals surface area (Å²) >= 11 is 0. The molecular weight excluding hydrogens is 564 g/mol. The van der Waals surface area contributed by atoms with Crippen molar-refractivity contribution in [3.05, 3.63) is 46.6 Å². The zero-order valence-corrected chi connectivity index (χ0v) is 24.1. The molecule has 1 aliphatic carbocycles. The lowest BCUT2D eigenvalue weighted by molar-refractivity contribution is -0.129. The van der Waals surface area contributed by atoms with Crippen molar-refractivity contribution in [1.29, 1.82) is 0 Å². The average molecular weight is 599 g/mol. The Morgan fingerprint density at radius 3 is 2.54 bits per heavy atom. The summed E-state index contributed by atoms with van der Waals surface area (Å²) in [6.45, 7) is 3.64. The van der Waals surface area contributed by atoms with Crippen LogP contribution in [0.1, 0.15) is 52.0 Å². The highest BCUT2D eigenvalue weighted by molar-refractivity contribution is 7.92. The average Bonchev–Trinajstić information content (AvgIpc) is 2.88. The number of benzene rings is 1. The molecule has 2 heterocycles. The molecule has 9 nitrogen and oxygen atoms in total. The monoisotopic (exact) mass is 598 g/mol. The number of anilines is 2. The minimum atomic E-state index is -4.67. The molecule has 224 valence electrons. The Hall–Kier alpha value is -3.26. The Kier molecular flexibility index (Phi) is 8.93. The number of pyridine rings is 1. The number of nitrogens with one attached hydrogen (secondary N) is 2. The van der Waals surface area contributed by atoms with Gasteiger partial charge < -0.3 is 10.2 Å². The lowest BCUT2D eigenvalue weighted by atomic mass is 9.90. The molecule has 0 unspecified atom stereocenters. The van der Waals surface area contributed by atoms with Gasteiger partial charge in [0.25, 0.3) is 5.56 Å². The Morgan fingerprint density at radius 2 is 1.90 bits per heavy atom. The molecule has 0 amide bonds. The summed E-state index contributed by atoms with van der Waals surface area (Å²) < 4.78 is 79.6. The normalized spacial score (nSPS) is 18.3. The van der Waals surface area contributed by atoms with Crippen molar-refractivity contribution in [3.63, 3.8) is 0 Å². The quantitative estimate of drug-likeness (QED) is 0.328. The molecule has 4 rings (SSSR count). The van der Waals surface area contributed by atoms with Gasteiger partial charge in [0.15, 0.2) is 0 Å². The molecule has 2 N–H and O–H groups in total. The van der Waals surface area contributed by atoms with E-state index in [1.165, 1.54) is 10.6 Å². The van der Waals surface area contributed by atoms with Crippen molar-refractivity contribution >= 4 is 32.7 Å². The van der Waals surface area contributed by atoms with Gasteiger partial charge in [0, 0.05) is 35.3 Å².